The molecule has 0 aliphatic carbocycles. The fourth-order valence-electron chi connectivity index (χ4n) is 2.60. The van der Waals surface area contributed by atoms with Crippen molar-refractivity contribution >= 4 is 5.96 Å². The van der Waals surface area contributed by atoms with Crippen LogP contribution in [0, 0.1) is 12.7 Å². The van der Waals surface area contributed by atoms with E-state index in [-0.39, 0.29) is 11.9 Å². The van der Waals surface area contributed by atoms with Gasteiger partial charge in [0, 0.05) is 32.0 Å². The third-order valence-corrected chi connectivity index (χ3v) is 4.04. The Hall–Kier alpha value is -2.57. The number of imidazole rings is 1. The summed E-state index contributed by atoms with van der Waals surface area (Å²) in [5.41, 5.74) is 0. The quantitative estimate of drug-likeness (QED) is 0.380. The Labute approximate surface area is 160 Å². The van der Waals surface area contributed by atoms with E-state index in [2.05, 4.69) is 25.2 Å². The van der Waals surface area contributed by atoms with Crippen LogP contribution in [0.3, 0.4) is 0 Å². The van der Waals surface area contributed by atoms with Crippen LogP contribution >= 0.6 is 0 Å². The molecule has 1 heterocycles. The number of aliphatic imine (C=N–C) groups is 1. The van der Waals surface area contributed by atoms with Gasteiger partial charge in [0.2, 0.25) is 0 Å². The van der Waals surface area contributed by atoms with E-state index in [1.165, 1.54) is 12.1 Å². The standard InChI is InChI=1S/C20H30FN5O/c1-4-22-20(24-11-5-6-13-26-14-12-23-17(26)3)25-15-16(2)27-19-9-7-18(21)8-10-19/h7-10,12,14,16H,4-6,11,13,15H2,1-3H3,(H2,22,24,25). The lowest BCUT2D eigenvalue weighted by atomic mass is 10.3. The molecule has 0 saturated heterocycles. The first-order valence-corrected chi connectivity index (χ1v) is 9.50. The first kappa shape index (κ1) is 20.7. The van der Waals surface area contributed by atoms with Crippen molar-refractivity contribution in [2.45, 2.75) is 46.3 Å². The second kappa shape index (κ2) is 11.2. The summed E-state index contributed by atoms with van der Waals surface area (Å²) >= 11 is 0. The number of hydrogen-bond acceptors (Lipinski definition) is 3. The van der Waals surface area contributed by atoms with Gasteiger partial charge in [-0.2, -0.15) is 0 Å². The first-order chi connectivity index (χ1) is 13.1. The van der Waals surface area contributed by atoms with Gasteiger partial charge in [-0.25, -0.2) is 14.4 Å². The Balaban J connectivity index is 1.70. The number of ether oxygens (including phenoxy) is 1. The van der Waals surface area contributed by atoms with Crippen LogP contribution in [0.2, 0.25) is 0 Å². The minimum absolute atomic E-state index is 0.102. The zero-order valence-corrected chi connectivity index (χ0v) is 16.4. The predicted octanol–water partition coefficient (Wildman–Crippen LogP) is 3.13. The molecule has 6 nitrogen and oxygen atoms in total. The number of aromatic nitrogens is 2. The molecule has 1 aromatic heterocycles. The predicted molar refractivity (Wildman–Crippen MR) is 107 cm³/mol. The zero-order chi connectivity index (χ0) is 19.5. The van der Waals surface area contributed by atoms with E-state index >= 15 is 0 Å². The number of nitrogens with one attached hydrogen (secondary N) is 2. The van der Waals surface area contributed by atoms with Crippen LogP contribution < -0.4 is 15.4 Å². The Kier molecular flexibility index (Phi) is 8.61. The average molecular weight is 375 g/mol. The Morgan fingerprint density at radius 3 is 2.70 bits per heavy atom. The molecule has 2 rings (SSSR count). The van der Waals surface area contributed by atoms with Crippen LogP contribution in [0.1, 0.15) is 32.5 Å². The molecule has 1 atom stereocenters. The molecule has 0 radical (unpaired) electrons. The van der Waals surface area contributed by atoms with Crippen molar-refractivity contribution in [3.05, 3.63) is 48.3 Å². The highest BCUT2D eigenvalue weighted by Crippen LogP contribution is 2.13. The number of hydrogen-bond donors (Lipinski definition) is 2. The zero-order valence-electron chi connectivity index (χ0n) is 16.4. The topological polar surface area (TPSA) is 63.5 Å². The summed E-state index contributed by atoms with van der Waals surface area (Å²) < 4.78 is 20.9. The summed E-state index contributed by atoms with van der Waals surface area (Å²) in [5, 5.41) is 6.59. The SMILES string of the molecule is CCNC(=NCC(C)Oc1ccc(F)cc1)NCCCCn1ccnc1C. The second-order valence-corrected chi connectivity index (χ2v) is 6.40. The third-order valence-electron chi connectivity index (χ3n) is 4.04. The number of aryl methyl sites for hydroxylation is 2. The van der Waals surface area contributed by atoms with E-state index in [1.807, 2.05) is 33.2 Å². The minimum Gasteiger partial charge on any atom is -0.489 e. The molecule has 2 N–H and O–H groups in total. The molecule has 0 aliphatic heterocycles. The molecule has 0 aliphatic rings. The maximum Gasteiger partial charge on any atom is 0.191 e. The van der Waals surface area contributed by atoms with Gasteiger partial charge in [-0.1, -0.05) is 0 Å². The van der Waals surface area contributed by atoms with Gasteiger partial charge in [0.25, 0.3) is 0 Å². The highest BCUT2D eigenvalue weighted by molar-refractivity contribution is 5.79. The molecule has 1 aromatic carbocycles. The van der Waals surface area contributed by atoms with E-state index < -0.39 is 0 Å². The van der Waals surface area contributed by atoms with Crippen molar-refractivity contribution < 1.29 is 9.13 Å². The number of rotatable bonds is 10. The second-order valence-electron chi connectivity index (χ2n) is 6.40. The van der Waals surface area contributed by atoms with Crippen molar-refractivity contribution in [1.29, 1.82) is 0 Å². The third kappa shape index (κ3) is 7.68. The first-order valence-electron chi connectivity index (χ1n) is 9.50. The monoisotopic (exact) mass is 375 g/mol. The van der Waals surface area contributed by atoms with Crippen LogP contribution in [-0.2, 0) is 6.54 Å². The molecule has 0 fully saturated rings. The van der Waals surface area contributed by atoms with Gasteiger partial charge in [0.1, 0.15) is 23.5 Å². The maximum absolute atomic E-state index is 12.9. The Morgan fingerprint density at radius 2 is 2.04 bits per heavy atom. The van der Waals surface area contributed by atoms with Gasteiger partial charge in [0.05, 0.1) is 6.54 Å². The van der Waals surface area contributed by atoms with E-state index in [0.29, 0.717) is 12.3 Å². The molecule has 0 bridgehead atoms. The highest BCUT2D eigenvalue weighted by atomic mass is 19.1. The van der Waals surface area contributed by atoms with E-state index in [9.17, 15) is 4.39 Å². The van der Waals surface area contributed by atoms with Gasteiger partial charge in [-0.15, -0.1) is 0 Å². The summed E-state index contributed by atoms with van der Waals surface area (Å²) in [5.74, 6) is 2.21. The summed E-state index contributed by atoms with van der Waals surface area (Å²) in [6.07, 6.45) is 5.86. The maximum atomic E-state index is 12.9. The van der Waals surface area contributed by atoms with Crippen molar-refractivity contribution in [1.82, 2.24) is 20.2 Å². The summed E-state index contributed by atoms with van der Waals surface area (Å²) in [7, 11) is 0. The lowest BCUT2D eigenvalue weighted by molar-refractivity contribution is 0.230. The fourth-order valence-corrected chi connectivity index (χ4v) is 2.60. The smallest absolute Gasteiger partial charge is 0.191 e. The molecule has 148 valence electrons. The number of nitrogens with zero attached hydrogens (tertiary/aromatic N) is 3. The Morgan fingerprint density at radius 1 is 1.26 bits per heavy atom. The van der Waals surface area contributed by atoms with Gasteiger partial charge >= 0.3 is 0 Å². The molecule has 27 heavy (non-hydrogen) atoms. The normalized spacial score (nSPS) is 12.7. The van der Waals surface area contributed by atoms with Crippen LogP contribution in [0.15, 0.2) is 41.7 Å². The van der Waals surface area contributed by atoms with Gasteiger partial charge in [0.15, 0.2) is 5.96 Å². The van der Waals surface area contributed by atoms with E-state index in [4.69, 9.17) is 4.74 Å². The molecule has 1 unspecified atom stereocenters. The minimum atomic E-state index is -0.269. The summed E-state index contributed by atoms with van der Waals surface area (Å²) in [6.45, 7) is 9.15. The molecule has 2 aromatic rings. The van der Waals surface area contributed by atoms with E-state index in [0.717, 1.165) is 44.3 Å². The summed E-state index contributed by atoms with van der Waals surface area (Å²) in [6, 6.07) is 6.03. The Bertz CT molecular complexity index is 699. The molecule has 7 heteroatoms. The number of benzene rings is 1. The average Bonchev–Trinajstić information content (AvgIpc) is 3.06. The van der Waals surface area contributed by atoms with Gasteiger partial charge in [-0.05, 0) is 57.9 Å². The molecule has 0 amide bonds. The van der Waals surface area contributed by atoms with Gasteiger partial charge in [-0.3, -0.25) is 0 Å². The number of guanidine groups is 1. The van der Waals surface area contributed by atoms with Crippen LogP contribution in [0.25, 0.3) is 0 Å². The number of unbranched alkanes of at least 4 members (excludes halogenated alkanes) is 1. The summed E-state index contributed by atoms with van der Waals surface area (Å²) in [4.78, 5) is 8.80. The highest BCUT2D eigenvalue weighted by Gasteiger charge is 2.05. The number of halogens is 1. The van der Waals surface area contributed by atoms with Crippen LogP contribution in [-0.4, -0.2) is 41.2 Å². The molecule has 0 saturated carbocycles. The largest absolute Gasteiger partial charge is 0.489 e. The lowest BCUT2D eigenvalue weighted by Gasteiger charge is -2.15. The van der Waals surface area contributed by atoms with Crippen LogP contribution in [0.4, 0.5) is 4.39 Å². The van der Waals surface area contributed by atoms with Crippen molar-refractivity contribution in [3.8, 4) is 5.75 Å². The molecule has 0 spiro atoms. The van der Waals surface area contributed by atoms with E-state index in [1.54, 1.807) is 12.1 Å². The van der Waals surface area contributed by atoms with Crippen molar-refractivity contribution in [3.63, 3.8) is 0 Å². The van der Waals surface area contributed by atoms with Crippen molar-refractivity contribution in [2.75, 3.05) is 19.6 Å². The molecular weight excluding hydrogens is 345 g/mol. The lowest BCUT2D eigenvalue weighted by Crippen LogP contribution is -2.38. The van der Waals surface area contributed by atoms with Crippen molar-refractivity contribution in [2.24, 2.45) is 4.99 Å². The van der Waals surface area contributed by atoms with Crippen LogP contribution in [0.5, 0.6) is 5.75 Å². The fraction of sp³-hybridized carbons (Fsp3) is 0.500. The van der Waals surface area contributed by atoms with Gasteiger partial charge < -0.3 is 19.9 Å². The molecular formula is C20H30FN5O.